The van der Waals surface area contributed by atoms with Gasteiger partial charge in [0.25, 0.3) is 11.8 Å². The van der Waals surface area contributed by atoms with Crippen LogP contribution >= 0.6 is 0 Å². The number of nitrogens with zero attached hydrogens (tertiary/aromatic N) is 1. The molecule has 0 aromatic rings. The molecule has 0 saturated heterocycles. The maximum atomic E-state index is 11.6. The number of rotatable bonds is 9. The van der Waals surface area contributed by atoms with Crippen LogP contribution in [0.3, 0.4) is 0 Å². The van der Waals surface area contributed by atoms with Crippen LogP contribution in [-0.4, -0.2) is 60.6 Å². The van der Waals surface area contributed by atoms with Gasteiger partial charge in [0.2, 0.25) is 17.7 Å². The third-order valence-electron chi connectivity index (χ3n) is 2.95. The summed E-state index contributed by atoms with van der Waals surface area (Å²) >= 11 is 0. The van der Waals surface area contributed by atoms with Gasteiger partial charge in [-0.1, -0.05) is 0 Å². The minimum absolute atomic E-state index is 0.0840. The number of amides is 5. The van der Waals surface area contributed by atoms with E-state index in [0.717, 1.165) is 4.90 Å². The Hall–Kier alpha value is -2.71. The lowest BCUT2D eigenvalue weighted by Gasteiger charge is -2.13. The van der Waals surface area contributed by atoms with Crippen LogP contribution in [0.15, 0.2) is 12.2 Å². The van der Waals surface area contributed by atoms with E-state index >= 15 is 0 Å². The fourth-order valence-corrected chi connectivity index (χ4v) is 1.82. The van der Waals surface area contributed by atoms with Crippen LogP contribution in [0.4, 0.5) is 0 Å². The average molecular weight is 324 g/mol. The highest BCUT2D eigenvalue weighted by Crippen LogP contribution is 2.05. The third kappa shape index (κ3) is 6.72. The molecule has 1 aliphatic rings. The number of hydrogen-bond donors (Lipinski definition) is 3. The zero-order valence-corrected chi connectivity index (χ0v) is 12.9. The van der Waals surface area contributed by atoms with Crippen molar-refractivity contribution in [3.8, 4) is 0 Å². The van der Waals surface area contributed by atoms with Crippen molar-refractivity contribution in [3.63, 3.8) is 0 Å². The molecule has 23 heavy (non-hydrogen) atoms. The van der Waals surface area contributed by atoms with E-state index in [1.807, 2.05) is 0 Å². The van der Waals surface area contributed by atoms with Crippen molar-refractivity contribution in [2.45, 2.75) is 19.8 Å². The number of carbonyl (C=O) groups excluding carboxylic acids is 5. The van der Waals surface area contributed by atoms with E-state index in [-0.39, 0.29) is 49.7 Å². The quantitative estimate of drug-likeness (QED) is 0.426. The van der Waals surface area contributed by atoms with Gasteiger partial charge in [0.15, 0.2) is 0 Å². The first-order valence-electron chi connectivity index (χ1n) is 7.27. The average Bonchev–Trinajstić information content (AvgIpc) is 2.83. The molecular weight excluding hydrogens is 304 g/mol. The third-order valence-corrected chi connectivity index (χ3v) is 2.95. The molecule has 126 valence electrons. The Morgan fingerprint density at radius 3 is 2.00 bits per heavy atom. The Labute approximate surface area is 133 Å². The molecule has 0 unspecified atom stereocenters. The largest absolute Gasteiger partial charge is 0.355 e. The molecule has 1 rings (SSSR count). The standard InChI is InChI=1S/C14H20N4O5/c1-2-15-11(20)8-17-12(21)9-16-10(19)4-3-7-18-13(22)5-6-14(18)23/h5-6H,2-4,7-9H2,1H3,(H,15,20)(H,16,19)(H,17,21). The molecule has 9 heteroatoms. The molecule has 0 saturated carbocycles. The summed E-state index contributed by atoms with van der Waals surface area (Å²) < 4.78 is 0. The van der Waals surface area contributed by atoms with Gasteiger partial charge in [0, 0.05) is 31.7 Å². The van der Waals surface area contributed by atoms with E-state index in [0.29, 0.717) is 13.0 Å². The Morgan fingerprint density at radius 2 is 1.43 bits per heavy atom. The van der Waals surface area contributed by atoms with Gasteiger partial charge in [-0.25, -0.2) is 0 Å². The Balaban J connectivity index is 2.12. The normalized spacial score (nSPS) is 13.2. The molecule has 3 N–H and O–H groups in total. The summed E-state index contributed by atoms with van der Waals surface area (Å²) in [6.07, 6.45) is 2.76. The summed E-state index contributed by atoms with van der Waals surface area (Å²) in [5.74, 6) is -1.93. The predicted octanol–water partition coefficient (Wildman–Crippen LogP) is -1.94. The first-order chi connectivity index (χ1) is 10.9. The van der Waals surface area contributed by atoms with E-state index in [2.05, 4.69) is 16.0 Å². The number of imide groups is 1. The maximum absolute atomic E-state index is 11.6. The molecule has 0 bridgehead atoms. The van der Waals surface area contributed by atoms with Crippen molar-refractivity contribution in [2.75, 3.05) is 26.2 Å². The van der Waals surface area contributed by atoms with Crippen LogP contribution in [-0.2, 0) is 24.0 Å². The summed E-state index contributed by atoms with van der Waals surface area (Å²) in [7, 11) is 0. The summed E-state index contributed by atoms with van der Waals surface area (Å²) in [5.41, 5.74) is 0. The molecule has 5 amide bonds. The Morgan fingerprint density at radius 1 is 0.913 bits per heavy atom. The molecule has 0 fully saturated rings. The van der Waals surface area contributed by atoms with Crippen LogP contribution in [0.5, 0.6) is 0 Å². The molecule has 0 spiro atoms. The summed E-state index contributed by atoms with van der Waals surface area (Å²) in [5, 5.41) is 7.28. The number of likely N-dealkylation sites (N-methyl/N-ethyl adjacent to an activating group) is 1. The lowest BCUT2D eigenvalue weighted by Crippen LogP contribution is -2.42. The molecule has 0 aliphatic carbocycles. The van der Waals surface area contributed by atoms with E-state index in [4.69, 9.17) is 0 Å². The molecule has 0 aromatic carbocycles. The van der Waals surface area contributed by atoms with Crippen molar-refractivity contribution >= 4 is 29.5 Å². The van der Waals surface area contributed by atoms with Gasteiger partial charge in [0.05, 0.1) is 13.1 Å². The molecule has 1 aliphatic heterocycles. The van der Waals surface area contributed by atoms with Gasteiger partial charge in [-0.15, -0.1) is 0 Å². The molecular formula is C14H20N4O5. The number of carbonyl (C=O) groups is 5. The van der Waals surface area contributed by atoms with E-state index in [1.165, 1.54) is 12.2 Å². The zero-order chi connectivity index (χ0) is 17.2. The Kier molecular flexibility index (Phi) is 7.44. The first kappa shape index (κ1) is 18.3. The smallest absolute Gasteiger partial charge is 0.253 e. The predicted molar refractivity (Wildman–Crippen MR) is 79.8 cm³/mol. The van der Waals surface area contributed by atoms with E-state index in [9.17, 15) is 24.0 Å². The monoisotopic (exact) mass is 324 g/mol. The maximum Gasteiger partial charge on any atom is 0.253 e. The van der Waals surface area contributed by atoms with Gasteiger partial charge in [-0.3, -0.25) is 28.9 Å². The fourth-order valence-electron chi connectivity index (χ4n) is 1.82. The Bertz CT molecular complexity index is 511. The van der Waals surface area contributed by atoms with Crippen molar-refractivity contribution in [3.05, 3.63) is 12.2 Å². The van der Waals surface area contributed by atoms with Crippen LogP contribution in [0.25, 0.3) is 0 Å². The highest BCUT2D eigenvalue weighted by atomic mass is 16.2. The van der Waals surface area contributed by atoms with Crippen LogP contribution < -0.4 is 16.0 Å². The molecule has 0 aromatic heterocycles. The molecule has 1 heterocycles. The van der Waals surface area contributed by atoms with Crippen molar-refractivity contribution in [2.24, 2.45) is 0 Å². The second-order valence-electron chi connectivity index (χ2n) is 4.77. The summed E-state index contributed by atoms with van der Waals surface area (Å²) in [6, 6.07) is 0. The fraction of sp³-hybridized carbons (Fsp3) is 0.500. The molecule has 9 nitrogen and oxygen atoms in total. The second kappa shape index (κ2) is 9.34. The van der Waals surface area contributed by atoms with Crippen LogP contribution in [0.1, 0.15) is 19.8 Å². The zero-order valence-electron chi connectivity index (χ0n) is 12.9. The van der Waals surface area contributed by atoms with Crippen molar-refractivity contribution in [1.82, 2.24) is 20.9 Å². The summed E-state index contributed by atoms with van der Waals surface area (Å²) in [6.45, 7) is 2.01. The highest BCUT2D eigenvalue weighted by Gasteiger charge is 2.22. The van der Waals surface area contributed by atoms with Gasteiger partial charge >= 0.3 is 0 Å². The molecule has 0 atom stereocenters. The number of hydrogen-bond acceptors (Lipinski definition) is 5. The van der Waals surface area contributed by atoms with Gasteiger partial charge in [-0.05, 0) is 13.3 Å². The minimum atomic E-state index is -0.473. The summed E-state index contributed by atoms with van der Waals surface area (Å²) in [4.78, 5) is 57.7. The lowest BCUT2D eigenvalue weighted by atomic mass is 10.2. The van der Waals surface area contributed by atoms with Gasteiger partial charge in [0.1, 0.15) is 0 Å². The van der Waals surface area contributed by atoms with Gasteiger partial charge in [-0.2, -0.15) is 0 Å². The topological polar surface area (TPSA) is 125 Å². The second-order valence-corrected chi connectivity index (χ2v) is 4.77. The van der Waals surface area contributed by atoms with E-state index in [1.54, 1.807) is 6.92 Å². The highest BCUT2D eigenvalue weighted by molar-refractivity contribution is 6.12. The SMILES string of the molecule is CCNC(=O)CNC(=O)CNC(=O)CCCN1C(=O)C=CC1=O. The molecule has 0 radical (unpaired) electrons. The van der Waals surface area contributed by atoms with Crippen molar-refractivity contribution in [1.29, 1.82) is 0 Å². The first-order valence-corrected chi connectivity index (χ1v) is 7.27. The number of nitrogens with one attached hydrogen (secondary N) is 3. The minimum Gasteiger partial charge on any atom is -0.355 e. The van der Waals surface area contributed by atoms with Crippen LogP contribution in [0, 0.1) is 0 Å². The van der Waals surface area contributed by atoms with E-state index < -0.39 is 5.91 Å². The van der Waals surface area contributed by atoms with Gasteiger partial charge < -0.3 is 16.0 Å². The van der Waals surface area contributed by atoms with Crippen molar-refractivity contribution < 1.29 is 24.0 Å². The van der Waals surface area contributed by atoms with Crippen LogP contribution in [0.2, 0.25) is 0 Å². The lowest BCUT2D eigenvalue weighted by molar-refractivity contribution is -0.137.